The first-order valence-electron chi connectivity index (χ1n) is 30.9. The van der Waals surface area contributed by atoms with Gasteiger partial charge in [0.05, 0.1) is 27.7 Å². The molecule has 0 saturated heterocycles. The van der Waals surface area contributed by atoms with Gasteiger partial charge in [-0.1, -0.05) is 246 Å². The van der Waals surface area contributed by atoms with Crippen LogP contribution in [-0.2, 0) is 32.7 Å². The van der Waals surface area contributed by atoms with Crippen molar-refractivity contribution >= 4 is 19.8 Å². The smallest absolute Gasteiger partial charge is 0.306 e. The van der Waals surface area contributed by atoms with Crippen LogP contribution < -0.4 is 4.89 Å². The minimum Gasteiger partial charge on any atom is -0.756 e. The maximum absolute atomic E-state index is 12.8. The quantitative estimate of drug-likeness (QED) is 0.0195. The van der Waals surface area contributed by atoms with Gasteiger partial charge in [0.2, 0.25) is 0 Å². The highest BCUT2D eigenvalue weighted by Gasteiger charge is 2.22. The van der Waals surface area contributed by atoms with E-state index in [4.69, 9.17) is 18.5 Å². The van der Waals surface area contributed by atoms with E-state index in [1.54, 1.807) is 0 Å². The molecule has 9 nitrogen and oxygen atoms in total. The van der Waals surface area contributed by atoms with Crippen molar-refractivity contribution < 1.29 is 42.1 Å². The van der Waals surface area contributed by atoms with Crippen LogP contribution in [0.3, 0.4) is 0 Å². The fourth-order valence-electron chi connectivity index (χ4n) is 8.34. The van der Waals surface area contributed by atoms with Gasteiger partial charge in [0.1, 0.15) is 19.8 Å². The summed E-state index contributed by atoms with van der Waals surface area (Å²) in [5.74, 6) is -0.847. The zero-order valence-electron chi connectivity index (χ0n) is 49.7. The number of rotatable bonds is 56. The number of ether oxygens (including phenoxy) is 2. The molecule has 2 atom stereocenters. The third-order valence-electron chi connectivity index (χ3n) is 13.1. The van der Waals surface area contributed by atoms with E-state index in [-0.39, 0.29) is 32.0 Å². The molecule has 438 valence electrons. The van der Waals surface area contributed by atoms with E-state index in [2.05, 4.69) is 111 Å². The summed E-state index contributed by atoms with van der Waals surface area (Å²) in [5.41, 5.74) is 0. The van der Waals surface area contributed by atoms with E-state index in [9.17, 15) is 19.0 Å². The summed E-state index contributed by atoms with van der Waals surface area (Å²) in [6.45, 7) is 4.11. The number of unbranched alkanes of at least 4 members (excludes halogenated alkanes) is 26. The van der Waals surface area contributed by atoms with Crippen LogP contribution in [0.25, 0.3) is 0 Å². The second kappa shape index (κ2) is 56.6. The first-order valence-corrected chi connectivity index (χ1v) is 32.4. The summed E-state index contributed by atoms with van der Waals surface area (Å²) in [4.78, 5) is 37.9. The number of quaternary nitrogens is 1. The highest BCUT2D eigenvalue weighted by Crippen LogP contribution is 2.38. The second-order valence-electron chi connectivity index (χ2n) is 21.7. The van der Waals surface area contributed by atoms with Crippen LogP contribution in [-0.4, -0.2) is 70.0 Å². The van der Waals surface area contributed by atoms with E-state index in [1.165, 1.54) is 135 Å². The number of carbonyl (C=O) groups excluding carboxylic acids is 2. The van der Waals surface area contributed by atoms with Gasteiger partial charge in [-0.25, -0.2) is 0 Å². The number of phosphoric acid groups is 1. The Morgan fingerprint density at radius 3 is 1.12 bits per heavy atom. The molecule has 0 radical (unpaired) electrons. The minimum absolute atomic E-state index is 0.0375. The number of phosphoric ester groups is 1. The minimum atomic E-state index is -4.65. The first-order chi connectivity index (χ1) is 37.0. The third-order valence-corrected chi connectivity index (χ3v) is 14.1. The Bertz CT molecular complexity index is 1600. The summed E-state index contributed by atoms with van der Waals surface area (Å²) in [5, 5.41) is 0. The van der Waals surface area contributed by atoms with Gasteiger partial charge in [0.25, 0.3) is 7.82 Å². The molecule has 0 aliphatic heterocycles. The average Bonchev–Trinajstić information content (AvgIpc) is 3.38. The Morgan fingerprint density at radius 2 is 0.750 bits per heavy atom. The zero-order valence-corrected chi connectivity index (χ0v) is 50.6. The van der Waals surface area contributed by atoms with E-state index in [0.717, 1.165) is 89.9 Å². The van der Waals surface area contributed by atoms with Crippen LogP contribution in [0.5, 0.6) is 0 Å². The van der Waals surface area contributed by atoms with Crippen molar-refractivity contribution in [1.82, 2.24) is 0 Å². The average molecular weight is 1080 g/mol. The highest BCUT2D eigenvalue weighted by atomic mass is 31.2. The molecule has 76 heavy (non-hydrogen) atoms. The lowest BCUT2D eigenvalue weighted by Crippen LogP contribution is -2.37. The van der Waals surface area contributed by atoms with Crippen molar-refractivity contribution in [2.24, 2.45) is 0 Å². The number of likely N-dealkylation sites (N-methyl/N-ethyl adjacent to an activating group) is 1. The predicted octanol–water partition coefficient (Wildman–Crippen LogP) is 19.0. The van der Waals surface area contributed by atoms with Gasteiger partial charge < -0.3 is 27.9 Å². The molecular weight excluding hydrogens is 966 g/mol. The number of hydrogen-bond acceptors (Lipinski definition) is 8. The third kappa shape index (κ3) is 60.2. The van der Waals surface area contributed by atoms with E-state index in [0.29, 0.717) is 17.4 Å². The van der Waals surface area contributed by atoms with Gasteiger partial charge in [-0.2, -0.15) is 0 Å². The molecule has 0 saturated carbocycles. The van der Waals surface area contributed by atoms with Crippen molar-refractivity contribution in [2.45, 2.75) is 264 Å². The van der Waals surface area contributed by atoms with Crippen molar-refractivity contribution in [3.05, 3.63) is 97.2 Å². The van der Waals surface area contributed by atoms with Gasteiger partial charge in [-0.3, -0.25) is 14.2 Å². The second-order valence-corrected chi connectivity index (χ2v) is 23.1. The van der Waals surface area contributed by atoms with Gasteiger partial charge in [-0.05, 0) is 96.3 Å². The van der Waals surface area contributed by atoms with Crippen LogP contribution in [0.2, 0.25) is 0 Å². The summed E-state index contributed by atoms with van der Waals surface area (Å²) in [7, 11) is 1.15. The van der Waals surface area contributed by atoms with Crippen LogP contribution in [0.15, 0.2) is 97.2 Å². The Kier molecular flexibility index (Phi) is 54.4. The van der Waals surface area contributed by atoms with Crippen LogP contribution >= 0.6 is 7.82 Å². The predicted molar refractivity (Wildman–Crippen MR) is 323 cm³/mol. The molecule has 0 amide bonds. The molecule has 0 aromatic carbocycles. The molecule has 10 heteroatoms. The SMILES string of the molecule is CC/C=C\C/C=C\C/C=C\C/C=C\C/C=C\CCCCCCCCCC(=O)OC(COC(=O)CCCCCCCCCCCCCCCC/C=C\C/C=C\C/C=C\CCCCCCC)COP(=O)([O-])OCC[N+](C)(C)C. The highest BCUT2D eigenvalue weighted by molar-refractivity contribution is 7.45. The number of hydrogen-bond donors (Lipinski definition) is 0. The Labute approximate surface area is 468 Å². The number of esters is 2. The molecular formula is C66H116NO8P. The summed E-state index contributed by atoms with van der Waals surface area (Å²) >= 11 is 0. The van der Waals surface area contributed by atoms with E-state index in [1.807, 2.05) is 21.1 Å². The van der Waals surface area contributed by atoms with Crippen molar-refractivity contribution in [2.75, 3.05) is 47.5 Å². The number of carbonyl (C=O) groups is 2. The van der Waals surface area contributed by atoms with Gasteiger partial charge >= 0.3 is 11.9 Å². The van der Waals surface area contributed by atoms with Crippen LogP contribution in [0.1, 0.15) is 258 Å². The molecule has 0 N–H and O–H groups in total. The monoisotopic (exact) mass is 1080 g/mol. The molecule has 0 aromatic rings. The molecule has 0 heterocycles. The molecule has 0 rings (SSSR count). The maximum Gasteiger partial charge on any atom is 0.306 e. The largest absolute Gasteiger partial charge is 0.756 e. The van der Waals surface area contributed by atoms with E-state index >= 15 is 0 Å². The number of nitrogens with zero attached hydrogens (tertiary/aromatic N) is 1. The molecule has 0 bridgehead atoms. The lowest BCUT2D eigenvalue weighted by molar-refractivity contribution is -0.870. The van der Waals surface area contributed by atoms with Crippen LogP contribution in [0, 0.1) is 0 Å². The van der Waals surface area contributed by atoms with Crippen LogP contribution in [0.4, 0.5) is 0 Å². The summed E-state index contributed by atoms with van der Waals surface area (Å²) in [6, 6.07) is 0. The fraction of sp³-hybridized carbons (Fsp3) is 0.727. The molecule has 2 unspecified atom stereocenters. The Morgan fingerprint density at radius 1 is 0.421 bits per heavy atom. The van der Waals surface area contributed by atoms with Gasteiger partial charge in [0, 0.05) is 12.8 Å². The Balaban J connectivity index is 4.15. The topological polar surface area (TPSA) is 111 Å². The normalized spacial score (nSPS) is 13.9. The molecule has 0 aliphatic carbocycles. The van der Waals surface area contributed by atoms with Crippen molar-refractivity contribution in [1.29, 1.82) is 0 Å². The molecule has 0 aliphatic rings. The lowest BCUT2D eigenvalue weighted by Gasteiger charge is -2.28. The first kappa shape index (κ1) is 72.9. The molecule has 0 fully saturated rings. The number of allylic oxidation sites excluding steroid dienone is 16. The maximum atomic E-state index is 12.8. The zero-order chi connectivity index (χ0) is 55.6. The van der Waals surface area contributed by atoms with Crippen molar-refractivity contribution in [3.63, 3.8) is 0 Å². The Hall–Kier alpha value is -3.07. The van der Waals surface area contributed by atoms with Gasteiger partial charge in [0.15, 0.2) is 6.10 Å². The van der Waals surface area contributed by atoms with E-state index < -0.39 is 26.5 Å². The molecule has 0 aromatic heterocycles. The fourth-order valence-corrected chi connectivity index (χ4v) is 9.07. The molecule has 0 spiro atoms. The lowest BCUT2D eigenvalue weighted by atomic mass is 10.0. The standard InChI is InChI=1S/C66H116NO8P/c1-6-8-10-12-14-16-18-20-22-24-26-28-30-31-32-33-34-35-37-38-40-42-44-46-48-50-52-54-56-58-65(68)72-62-64(63-74-76(70,71)73-61-60-67(3,4)5)75-66(69)59-57-55-53-51-49-47-45-43-41-39-36-29-27-25-23-21-19-17-15-13-11-9-7-2/h9,11,15,17-18,20-21,23-24,26-27,29-31,39,41,64H,6-8,10,12-14,16,19,22,25,28,32-38,40,42-63H2,1-5H3/b11-9-,17-15-,20-18-,23-21-,26-24-,29-27-,31-30-,41-39-. The van der Waals surface area contributed by atoms with Gasteiger partial charge in [-0.15, -0.1) is 0 Å². The van der Waals surface area contributed by atoms with Crippen molar-refractivity contribution in [3.8, 4) is 0 Å². The summed E-state index contributed by atoms with van der Waals surface area (Å²) < 4.78 is 34.2. The summed E-state index contributed by atoms with van der Waals surface area (Å²) in [6.07, 6.45) is 77.4.